The van der Waals surface area contributed by atoms with Gasteiger partial charge < -0.3 is 0 Å². The summed E-state index contributed by atoms with van der Waals surface area (Å²) in [6, 6.07) is 18.9. The summed E-state index contributed by atoms with van der Waals surface area (Å²) in [7, 11) is -3.91. The lowest BCUT2D eigenvalue weighted by molar-refractivity contribution is 0.589. The quantitative estimate of drug-likeness (QED) is 0.679. The van der Waals surface area contributed by atoms with Gasteiger partial charge in [-0.25, -0.2) is 17.2 Å². The molecular weight excluding hydrogens is 344 g/mol. The van der Waals surface area contributed by atoms with Crippen molar-refractivity contribution in [3.8, 4) is 0 Å². The van der Waals surface area contributed by atoms with Gasteiger partial charge in [0.15, 0.2) is 0 Å². The van der Waals surface area contributed by atoms with E-state index in [2.05, 4.69) is 0 Å². The highest BCUT2D eigenvalue weighted by atomic mass is 32.2. The second-order valence-electron chi connectivity index (χ2n) is 5.43. The zero-order chi connectivity index (χ0) is 17.9. The van der Waals surface area contributed by atoms with Gasteiger partial charge in [-0.15, -0.1) is 0 Å². The summed E-state index contributed by atoms with van der Waals surface area (Å²) in [4.78, 5) is -0.0140. The van der Waals surface area contributed by atoms with Crippen molar-refractivity contribution in [2.75, 3.05) is 4.31 Å². The molecule has 128 valence electrons. The number of hydrogen-bond acceptors (Lipinski definition) is 2. The number of sulfonamides is 1. The molecule has 0 amide bonds. The molecule has 0 unspecified atom stereocenters. The summed E-state index contributed by atoms with van der Waals surface area (Å²) in [5.74, 6) is -0.903. The zero-order valence-electron chi connectivity index (χ0n) is 13.1. The van der Waals surface area contributed by atoms with E-state index in [1.165, 1.54) is 40.7 Å². The molecule has 0 saturated carbocycles. The minimum Gasteiger partial charge on any atom is -0.262 e. The van der Waals surface area contributed by atoms with Gasteiger partial charge in [0.2, 0.25) is 0 Å². The van der Waals surface area contributed by atoms with E-state index in [9.17, 15) is 17.2 Å². The van der Waals surface area contributed by atoms with Crippen LogP contribution in [0.1, 0.15) is 5.56 Å². The molecular formula is C19H15F2NO2S. The zero-order valence-corrected chi connectivity index (χ0v) is 14.0. The molecule has 0 radical (unpaired) electrons. The Morgan fingerprint density at radius 1 is 0.720 bits per heavy atom. The van der Waals surface area contributed by atoms with Crippen LogP contribution < -0.4 is 4.31 Å². The van der Waals surface area contributed by atoms with Crippen LogP contribution in [-0.2, 0) is 16.6 Å². The van der Waals surface area contributed by atoms with Crippen LogP contribution in [0.15, 0.2) is 83.8 Å². The Labute approximate surface area is 145 Å². The molecule has 0 bridgehead atoms. The first-order chi connectivity index (χ1) is 12.0. The molecule has 3 nitrogen and oxygen atoms in total. The topological polar surface area (TPSA) is 37.4 Å². The van der Waals surface area contributed by atoms with Crippen LogP contribution in [0.4, 0.5) is 14.5 Å². The van der Waals surface area contributed by atoms with Gasteiger partial charge in [0, 0.05) is 0 Å². The van der Waals surface area contributed by atoms with Gasteiger partial charge >= 0.3 is 0 Å². The maximum atomic E-state index is 13.1. The molecule has 25 heavy (non-hydrogen) atoms. The van der Waals surface area contributed by atoms with Gasteiger partial charge in [-0.3, -0.25) is 4.31 Å². The van der Waals surface area contributed by atoms with E-state index in [1.54, 1.807) is 30.3 Å². The Kier molecular flexibility index (Phi) is 4.81. The number of anilines is 1. The molecule has 6 heteroatoms. The third-order valence-electron chi connectivity index (χ3n) is 3.69. The first-order valence-corrected chi connectivity index (χ1v) is 8.98. The summed E-state index contributed by atoms with van der Waals surface area (Å²) in [5.41, 5.74) is 1.10. The van der Waals surface area contributed by atoms with E-state index in [0.29, 0.717) is 11.3 Å². The molecule has 3 rings (SSSR count). The summed E-state index contributed by atoms with van der Waals surface area (Å²) in [6.45, 7) is 0.0317. The Morgan fingerprint density at radius 2 is 1.24 bits per heavy atom. The highest BCUT2D eigenvalue weighted by Gasteiger charge is 2.25. The molecule has 3 aromatic rings. The van der Waals surface area contributed by atoms with E-state index < -0.39 is 21.7 Å². The SMILES string of the molecule is O=S(=O)(c1ccc(F)cc1)N(Cc1ccc(F)cc1)c1ccccc1. The van der Waals surface area contributed by atoms with Crippen LogP contribution in [0.3, 0.4) is 0 Å². The van der Waals surface area contributed by atoms with E-state index in [1.807, 2.05) is 0 Å². The van der Waals surface area contributed by atoms with Crippen LogP contribution in [0, 0.1) is 11.6 Å². The van der Waals surface area contributed by atoms with E-state index >= 15 is 0 Å². The molecule has 0 aromatic heterocycles. The predicted molar refractivity (Wildman–Crippen MR) is 92.6 cm³/mol. The first-order valence-electron chi connectivity index (χ1n) is 7.54. The second kappa shape index (κ2) is 7.03. The minimum absolute atomic E-state index is 0.0140. The summed E-state index contributed by atoms with van der Waals surface area (Å²) >= 11 is 0. The molecule has 0 fully saturated rings. The fraction of sp³-hybridized carbons (Fsp3) is 0.0526. The molecule has 0 aliphatic heterocycles. The number of benzene rings is 3. The molecule has 0 spiro atoms. The Bertz CT molecular complexity index is 941. The van der Waals surface area contributed by atoms with Crippen molar-refractivity contribution < 1.29 is 17.2 Å². The first kappa shape index (κ1) is 17.1. The second-order valence-corrected chi connectivity index (χ2v) is 7.29. The average molecular weight is 359 g/mol. The lowest BCUT2D eigenvalue weighted by atomic mass is 10.2. The van der Waals surface area contributed by atoms with Crippen molar-refractivity contribution in [1.29, 1.82) is 0 Å². The lowest BCUT2D eigenvalue weighted by Gasteiger charge is -2.24. The predicted octanol–water partition coefficient (Wildman–Crippen LogP) is 4.36. The molecule has 0 saturated heterocycles. The largest absolute Gasteiger partial charge is 0.264 e. The molecule has 3 aromatic carbocycles. The van der Waals surface area contributed by atoms with Crippen LogP contribution in [0.5, 0.6) is 0 Å². The third-order valence-corrected chi connectivity index (χ3v) is 5.47. The van der Waals surface area contributed by atoms with Gasteiger partial charge in [0.1, 0.15) is 11.6 Å². The van der Waals surface area contributed by atoms with Crippen molar-refractivity contribution in [3.63, 3.8) is 0 Å². The Morgan fingerprint density at radius 3 is 1.80 bits per heavy atom. The number of halogens is 2. The van der Waals surface area contributed by atoms with Crippen molar-refractivity contribution in [2.45, 2.75) is 11.4 Å². The van der Waals surface area contributed by atoms with E-state index in [4.69, 9.17) is 0 Å². The Hall–Kier alpha value is -2.73. The monoisotopic (exact) mass is 359 g/mol. The van der Waals surface area contributed by atoms with Gasteiger partial charge in [-0.2, -0.15) is 0 Å². The minimum atomic E-state index is -3.91. The van der Waals surface area contributed by atoms with Crippen molar-refractivity contribution in [3.05, 3.63) is 96.1 Å². The van der Waals surface area contributed by atoms with Gasteiger partial charge in [-0.1, -0.05) is 30.3 Å². The lowest BCUT2D eigenvalue weighted by Crippen LogP contribution is -2.30. The number of rotatable bonds is 5. The summed E-state index contributed by atoms with van der Waals surface area (Å²) in [6.07, 6.45) is 0. The number of para-hydroxylation sites is 1. The number of nitrogens with zero attached hydrogens (tertiary/aromatic N) is 1. The van der Waals surface area contributed by atoms with Crippen LogP contribution in [0.25, 0.3) is 0 Å². The van der Waals surface area contributed by atoms with Crippen molar-refractivity contribution in [2.24, 2.45) is 0 Å². The number of hydrogen-bond donors (Lipinski definition) is 0. The molecule has 0 N–H and O–H groups in total. The fourth-order valence-corrected chi connectivity index (χ4v) is 3.85. The molecule has 0 heterocycles. The Balaban J connectivity index is 2.04. The smallest absolute Gasteiger partial charge is 0.262 e. The van der Waals surface area contributed by atoms with Crippen LogP contribution in [0.2, 0.25) is 0 Å². The molecule has 0 aliphatic rings. The van der Waals surface area contributed by atoms with Gasteiger partial charge in [0.25, 0.3) is 10.0 Å². The average Bonchev–Trinajstić information content (AvgIpc) is 2.62. The fourth-order valence-electron chi connectivity index (χ4n) is 2.40. The highest BCUT2D eigenvalue weighted by Crippen LogP contribution is 2.26. The van der Waals surface area contributed by atoms with Crippen molar-refractivity contribution >= 4 is 15.7 Å². The van der Waals surface area contributed by atoms with Crippen molar-refractivity contribution in [1.82, 2.24) is 0 Å². The summed E-state index contributed by atoms with van der Waals surface area (Å²) in [5, 5.41) is 0. The summed E-state index contributed by atoms with van der Waals surface area (Å²) < 4.78 is 53.6. The van der Waals surface area contributed by atoms with Crippen LogP contribution >= 0.6 is 0 Å². The maximum absolute atomic E-state index is 13.1. The molecule has 0 atom stereocenters. The standard InChI is InChI=1S/C19H15F2NO2S/c20-16-8-6-15(7-9-16)14-22(18-4-2-1-3-5-18)25(23,24)19-12-10-17(21)11-13-19/h1-13H,14H2. The van der Waals surface area contributed by atoms with E-state index in [0.717, 1.165) is 12.1 Å². The van der Waals surface area contributed by atoms with Gasteiger partial charge in [0.05, 0.1) is 17.1 Å². The maximum Gasteiger partial charge on any atom is 0.264 e. The van der Waals surface area contributed by atoms with Gasteiger partial charge in [-0.05, 0) is 54.1 Å². The third kappa shape index (κ3) is 3.85. The normalized spacial score (nSPS) is 11.3. The molecule has 0 aliphatic carbocycles. The van der Waals surface area contributed by atoms with Crippen LogP contribution in [-0.4, -0.2) is 8.42 Å². The van der Waals surface area contributed by atoms with E-state index in [-0.39, 0.29) is 11.4 Å². The highest BCUT2D eigenvalue weighted by molar-refractivity contribution is 7.92.